The number of hydrogen-bond donors (Lipinski definition) is 3. The molecule has 9 nitrogen and oxygen atoms in total. The van der Waals surface area contributed by atoms with Crippen LogP contribution in [-0.2, 0) is 23.5 Å². The van der Waals surface area contributed by atoms with E-state index in [0.717, 1.165) is 12.8 Å². The maximum atomic E-state index is 11.7. The van der Waals surface area contributed by atoms with Crippen molar-refractivity contribution in [3.05, 3.63) is 48.5 Å². The Morgan fingerprint density at radius 2 is 2.03 bits per heavy atom. The highest BCUT2D eigenvalue weighted by Gasteiger charge is 2.56. The van der Waals surface area contributed by atoms with E-state index in [0.29, 0.717) is 17.7 Å². The highest BCUT2D eigenvalue weighted by molar-refractivity contribution is 5.87. The first-order valence-corrected chi connectivity index (χ1v) is 9.45. The zero-order chi connectivity index (χ0) is 20.8. The lowest BCUT2D eigenvalue weighted by Crippen LogP contribution is -2.77. The topological polar surface area (TPSA) is 127 Å². The van der Waals surface area contributed by atoms with Crippen LogP contribution in [0.5, 0.6) is 0 Å². The van der Waals surface area contributed by atoms with E-state index in [4.69, 9.17) is 0 Å². The number of rotatable bonds is 5. The zero-order valence-electron chi connectivity index (χ0n) is 16.2. The van der Waals surface area contributed by atoms with Crippen molar-refractivity contribution in [3.8, 4) is 0 Å². The van der Waals surface area contributed by atoms with E-state index >= 15 is 0 Å². The van der Waals surface area contributed by atoms with Crippen molar-refractivity contribution in [1.29, 1.82) is 0 Å². The molecule has 0 radical (unpaired) electrons. The first kappa shape index (κ1) is 19.3. The second-order valence-electron chi connectivity index (χ2n) is 7.77. The van der Waals surface area contributed by atoms with E-state index < -0.39 is 23.3 Å². The number of aliphatic hydroxyl groups excluding tert-OH is 1. The molecule has 0 saturated carbocycles. The number of nitrogens with zero attached hydrogens (tertiary/aromatic N) is 4. The van der Waals surface area contributed by atoms with E-state index in [1.807, 2.05) is 22.8 Å². The number of aliphatic hydroxyl groups is 2. The number of carboxylic acid groups (broad SMARTS) is 1. The molecule has 0 unspecified atom stereocenters. The monoisotopic (exact) mass is 397 g/mol. The number of aromatic nitrogens is 4. The molecule has 1 aliphatic rings. The van der Waals surface area contributed by atoms with Gasteiger partial charge in [0.25, 0.3) is 5.82 Å². The summed E-state index contributed by atoms with van der Waals surface area (Å²) in [6.45, 7) is 3.28. The van der Waals surface area contributed by atoms with E-state index in [1.165, 1.54) is 30.3 Å². The first-order chi connectivity index (χ1) is 13.7. The number of carbonyl (C=O) groups is 1. The third-order valence-corrected chi connectivity index (χ3v) is 5.63. The predicted octanol–water partition coefficient (Wildman–Crippen LogP) is -0.688. The lowest BCUT2D eigenvalue weighted by atomic mass is 9.85. The summed E-state index contributed by atoms with van der Waals surface area (Å²) in [7, 11) is 0. The Morgan fingerprint density at radius 3 is 2.72 bits per heavy atom. The van der Waals surface area contributed by atoms with Gasteiger partial charge in [0.05, 0.1) is 12.3 Å². The number of anilines is 1. The maximum Gasteiger partial charge on any atom is 0.256 e. The van der Waals surface area contributed by atoms with Crippen LogP contribution in [0.4, 0.5) is 5.82 Å². The van der Waals surface area contributed by atoms with Gasteiger partial charge in [-0.1, -0.05) is 35.3 Å². The number of aliphatic carboxylic acids is 1. The van der Waals surface area contributed by atoms with Gasteiger partial charge in [-0.25, -0.2) is 9.55 Å². The molecule has 3 atom stereocenters. The summed E-state index contributed by atoms with van der Waals surface area (Å²) >= 11 is 0. The Balaban J connectivity index is 1.67. The van der Waals surface area contributed by atoms with Crippen LogP contribution < -0.4 is 15.0 Å². The van der Waals surface area contributed by atoms with Gasteiger partial charge in [-0.15, -0.1) is 0 Å². The van der Waals surface area contributed by atoms with Gasteiger partial charge < -0.3 is 24.7 Å². The summed E-state index contributed by atoms with van der Waals surface area (Å²) < 4.78 is 3.18. The van der Waals surface area contributed by atoms with Crippen molar-refractivity contribution in [2.24, 2.45) is 0 Å². The smallest absolute Gasteiger partial charge is 0.256 e. The predicted molar refractivity (Wildman–Crippen MR) is 101 cm³/mol. The normalized spacial score (nSPS) is 26.1. The molecule has 4 rings (SSSR count). The molecule has 29 heavy (non-hydrogen) atoms. The van der Waals surface area contributed by atoms with Crippen LogP contribution in [0.2, 0.25) is 0 Å². The van der Waals surface area contributed by atoms with Gasteiger partial charge in [-0.2, -0.15) is 0 Å². The highest BCUT2D eigenvalue weighted by atomic mass is 16.4. The number of benzene rings is 1. The van der Waals surface area contributed by atoms with Crippen LogP contribution in [0.1, 0.15) is 25.8 Å². The van der Waals surface area contributed by atoms with Crippen LogP contribution in [0.3, 0.4) is 0 Å². The molecule has 0 spiro atoms. The van der Waals surface area contributed by atoms with Crippen LogP contribution in [0.15, 0.2) is 43.0 Å². The van der Waals surface area contributed by atoms with Crippen molar-refractivity contribution >= 4 is 23.0 Å². The van der Waals surface area contributed by atoms with Crippen LogP contribution >= 0.6 is 0 Å². The molecule has 0 bridgehead atoms. The van der Waals surface area contributed by atoms with Gasteiger partial charge >= 0.3 is 0 Å². The quantitative estimate of drug-likeness (QED) is 0.486. The number of aryl methyl sites for hydroxylation is 2. The summed E-state index contributed by atoms with van der Waals surface area (Å²) in [6.07, 6.45) is 3.13. The fraction of sp³-hybridized carbons (Fsp3) is 0.400. The SMILES string of the molecule is C[C@]1(C(=O)[O-])Nc2c3ncn(CCCc4ccccc4)c3nc[n+]2[C@](C)(O)[C@@H]1O. The molecule has 9 heteroatoms. The van der Waals surface area contributed by atoms with Crippen molar-refractivity contribution in [3.63, 3.8) is 0 Å². The van der Waals surface area contributed by atoms with Crippen LogP contribution in [-0.4, -0.2) is 42.4 Å². The molecule has 0 amide bonds. The summed E-state index contributed by atoms with van der Waals surface area (Å²) in [5, 5.41) is 35.8. The van der Waals surface area contributed by atoms with E-state index in [-0.39, 0.29) is 5.82 Å². The average molecular weight is 397 g/mol. The maximum absolute atomic E-state index is 11.7. The molecular formula is C20H23N5O4. The van der Waals surface area contributed by atoms with E-state index in [9.17, 15) is 20.1 Å². The van der Waals surface area contributed by atoms with Gasteiger partial charge in [0.2, 0.25) is 17.7 Å². The third-order valence-electron chi connectivity index (χ3n) is 5.63. The Hall–Kier alpha value is -3.04. The van der Waals surface area contributed by atoms with Gasteiger partial charge in [0.1, 0.15) is 0 Å². The Kier molecular flexibility index (Phi) is 4.51. The summed E-state index contributed by atoms with van der Waals surface area (Å²) in [5.41, 5.74) is -1.59. The van der Waals surface area contributed by atoms with Gasteiger partial charge in [-0.05, 0) is 25.3 Å². The molecule has 2 aromatic heterocycles. The Morgan fingerprint density at radius 1 is 1.31 bits per heavy atom. The van der Waals surface area contributed by atoms with E-state index in [2.05, 4.69) is 27.4 Å². The molecule has 0 aliphatic carbocycles. The molecule has 1 aliphatic heterocycles. The average Bonchev–Trinajstić information content (AvgIpc) is 3.11. The number of carboxylic acids is 1. The summed E-state index contributed by atoms with van der Waals surface area (Å²) in [6, 6.07) is 10.2. The molecule has 3 N–H and O–H groups in total. The fourth-order valence-corrected chi connectivity index (χ4v) is 3.84. The zero-order valence-corrected chi connectivity index (χ0v) is 16.2. The fourth-order valence-electron chi connectivity index (χ4n) is 3.84. The van der Waals surface area contributed by atoms with Crippen molar-refractivity contribution < 1.29 is 24.7 Å². The number of hydrogen-bond acceptors (Lipinski definition) is 7. The molecular weight excluding hydrogens is 374 g/mol. The Bertz CT molecular complexity index is 1070. The highest BCUT2D eigenvalue weighted by Crippen LogP contribution is 2.33. The molecule has 0 fully saturated rings. The number of imidazole rings is 1. The minimum absolute atomic E-state index is 0.263. The minimum Gasteiger partial charge on any atom is -0.546 e. The van der Waals surface area contributed by atoms with Crippen LogP contribution in [0.25, 0.3) is 11.2 Å². The van der Waals surface area contributed by atoms with Crippen LogP contribution in [0, 0.1) is 0 Å². The standard InChI is InChI=1S/C20H23N5O4/c1-19(18(27)28)17(26)20(2,29)25-12-22-15-14(16(25)23-19)21-11-24(15)10-6-9-13-7-4-3-5-8-13/h3-5,7-8,11-12,17,26,29H,6,9-10H2,1-2H3,(H,27,28)/t17-,19+,20-/m1/s1. The lowest BCUT2D eigenvalue weighted by Gasteiger charge is -2.44. The number of fused-ring (bicyclic) bond motifs is 3. The first-order valence-electron chi connectivity index (χ1n) is 9.45. The summed E-state index contributed by atoms with van der Waals surface area (Å²) in [5.74, 6) is -1.26. The number of nitrogens with one attached hydrogen (secondary N) is 1. The molecule has 152 valence electrons. The minimum atomic E-state index is -1.91. The molecule has 3 heterocycles. The van der Waals surface area contributed by atoms with Gasteiger partial charge in [-0.3, -0.25) is 5.32 Å². The van der Waals surface area contributed by atoms with Crippen molar-refractivity contribution in [1.82, 2.24) is 14.5 Å². The lowest BCUT2D eigenvalue weighted by molar-refractivity contribution is -0.807. The number of carbonyl (C=O) groups excluding carboxylic acids is 1. The van der Waals surface area contributed by atoms with Gasteiger partial charge in [0.15, 0.2) is 17.2 Å². The van der Waals surface area contributed by atoms with E-state index in [1.54, 1.807) is 6.33 Å². The Labute approximate surface area is 167 Å². The molecule has 3 aromatic rings. The largest absolute Gasteiger partial charge is 0.546 e. The van der Waals surface area contributed by atoms with Gasteiger partial charge in [0, 0.05) is 13.5 Å². The second-order valence-corrected chi connectivity index (χ2v) is 7.77. The summed E-state index contributed by atoms with van der Waals surface area (Å²) in [4.78, 5) is 20.5. The van der Waals surface area contributed by atoms with Crippen molar-refractivity contribution in [2.75, 3.05) is 5.32 Å². The molecule has 1 aromatic carbocycles. The van der Waals surface area contributed by atoms with Crippen molar-refractivity contribution in [2.45, 2.75) is 50.6 Å². The molecule has 0 saturated heterocycles. The third kappa shape index (κ3) is 3.02. The second kappa shape index (κ2) is 6.78.